The van der Waals surface area contributed by atoms with E-state index in [0.717, 1.165) is 6.07 Å². The maximum Gasteiger partial charge on any atom is 0.316 e. The summed E-state index contributed by atoms with van der Waals surface area (Å²) in [6.45, 7) is 0. The molecule has 0 aliphatic carbocycles. The highest BCUT2D eigenvalue weighted by molar-refractivity contribution is 9.10. The monoisotopic (exact) mass is 221 g/mol. The van der Waals surface area contributed by atoms with E-state index in [1.54, 1.807) is 0 Å². The molecule has 0 radical (unpaired) electrons. The summed E-state index contributed by atoms with van der Waals surface area (Å²) in [5.41, 5.74) is -0.176. The summed E-state index contributed by atoms with van der Waals surface area (Å²) in [7, 11) is 0. The van der Waals surface area contributed by atoms with Crippen LogP contribution in [0.3, 0.4) is 0 Å². The molecule has 0 heterocycles. The molecule has 0 atom stereocenters. The first-order chi connectivity index (χ1) is 5.16. The average molecular weight is 222 g/mol. The first-order valence-corrected chi connectivity index (χ1v) is 3.57. The van der Waals surface area contributed by atoms with E-state index in [1.807, 2.05) is 0 Å². The van der Waals surface area contributed by atoms with Gasteiger partial charge in [-0.1, -0.05) is 0 Å². The van der Waals surface area contributed by atoms with Crippen molar-refractivity contribution >= 4 is 22.2 Å². The molecule has 0 unspecified atom stereocenters. The van der Waals surface area contributed by atoms with Crippen molar-refractivity contribution < 1.29 is 13.6 Å². The lowest BCUT2D eigenvalue weighted by molar-refractivity contribution is 0.505. The van der Waals surface area contributed by atoms with E-state index >= 15 is 0 Å². The van der Waals surface area contributed by atoms with Gasteiger partial charge in [0.05, 0.1) is 0 Å². The molecule has 1 nitrogen and oxygen atoms in total. The van der Waals surface area contributed by atoms with Crippen molar-refractivity contribution in [2.45, 2.75) is 0 Å². The van der Waals surface area contributed by atoms with Gasteiger partial charge in [-0.3, -0.25) is 4.79 Å². The molecule has 0 spiro atoms. The van der Waals surface area contributed by atoms with Crippen molar-refractivity contribution in [2.24, 2.45) is 0 Å². The largest absolute Gasteiger partial charge is 0.316 e. The Labute approximate surface area is 70.2 Å². The van der Waals surface area contributed by atoms with Gasteiger partial charge < -0.3 is 0 Å². The second kappa shape index (κ2) is 3.09. The zero-order chi connectivity index (χ0) is 8.43. The molecular weight excluding hydrogens is 218 g/mol. The Morgan fingerprint density at radius 3 is 2.45 bits per heavy atom. The van der Waals surface area contributed by atoms with Gasteiger partial charge in [0.2, 0.25) is 0 Å². The third-order valence-corrected chi connectivity index (χ3v) is 1.90. The second-order valence-corrected chi connectivity index (χ2v) is 2.74. The molecule has 0 amide bonds. The summed E-state index contributed by atoms with van der Waals surface area (Å²) in [5, 5.41) is 0. The molecule has 0 saturated heterocycles. The van der Waals surface area contributed by atoms with Gasteiger partial charge in [0.25, 0.3) is 0 Å². The van der Waals surface area contributed by atoms with E-state index in [-0.39, 0.29) is 5.56 Å². The highest BCUT2D eigenvalue weighted by Crippen LogP contribution is 2.19. The molecule has 1 rings (SSSR count). The number of hydrogen-bond donors (Lipinski definition) is 0. The average Bonchev–Trinajstić information content (AvgIpc) is 1.99. The van der Waals surface area contributed by atoms with Gasteiger partial charge in [-0.25, -0.2) is 8.78 Å². The summed E-state index contributed by atoms with van der Waals surface area (Å²) in [6.07, 6.45) is 0.516. The van der Waals surface area contributed by atoms with E-state index in [4.69, 9.17) is 4.79 Å². The molecule has 0 bridgehead atoms. The van der Waals surface area contributed by atoms with Gasteiger partial charge in [0.1, 0.15) is 5.56 Å². The Kier molecular flexibility index (Phi) is 2.34. The summed E-state index contributed by atoms with van der Waals surface area (Å²) in [4.78, 5) is 8.46. The van der Waals surface area contributed by atoms with Crippen molar-refractivity contribution in [3.8, 4) is 0 Å². The van der Waals surface area contributed by atoms with Crippen LogP contribution in [0.4, 0.5) is 8.78 Å². The third-order valence-electron chi connectivity index (χ3n) is 1.21. The van der Waals surface area contributed by atoms with Crippen molar-refractivity contribution in [3.05, 3.63) is 33.8 Å². The van der Waals surface area contributed by atoms with Crippen LogP contribution in [0.5, 0.6) is 0 Å². The molecule has 58 valence electrons. The summed E-state index contributed by atoms with van der Waals surface area (Å²) >= 11 is 2.94. The van der Waals surface area contributed by atoms with E-state index in [9.17, 15) is 8.78 Å². The number of halogens is 3. The Bertz CT molecular complexity index is 299. The molecule has 1 aromatic rings. The maximum atomic E-state index is 12.7. The van der Waals surface area contributed by atoms with Gasteiger partial charge >= 0.3 is 6.29 Å². The molecule has 0 saturated carbocycles. The SMILES string of the molecule is [OH+]=Cc1c(Br)ccc(F)c1F. The van der Waals surface area contributed by atoms with Crippen LogP contribution < -0.4 is 0 Å². The molecule has 4 heteroatoms. The fraction of sp³-hybridized carbons (Fsp3) is 0. The van der Waals surface area contributed by atoms with Crippen LogP contribution in [0.2, 0.25) is 0 Å². The lowest BCUT2D eigenvalue weighted by Crippen LogP contribution is -1.93. The fourth-order valence-electron chi connectivity index (χ4n) is 0.661. The van der Waals surface area contributed by atoms with Gasteiger partial charge in [-0.15, -0.1) is 0 Å². The predicted octanol–water partition coefficient (Wildman–Crippen LogP) is 2.25. The molecule has 0 aliphatic heterocycles. The lowest BCUT2D eigenvalue weighted by Gasteiger charge is -1.95. The minimum absolute atomic E-state index is 0.176. The zero-order valence-corrected chi connectivity index (χ0v) is 6.90. The Morgan fingerprint density at radius 1 is 1.36 bits per heavy atom. The zero-order valence-electron chi connectivity index (χ0n) is 5.31. The van der Waals surface area contributed by atoms with Crippen LogP contribution in [0.25, 0.3) is 0 Å². The Morgan fingerprint density at radius 2 is 2.00 bits per heavy atom. The number of aldehydes is 1. The van der Waals surface area contributed by atoms with Crippen LogP contribution in [-0.4, -0.2) is 11.1 Å². The van der Waals surface area contributed by atoms with Crippen LogP contribution >= 0.6 is 15.9 Å². The quantitative estimate of drug-likeness (QED) is 0.395. The van der Waals surface area contributed by atoms with E-state index in [0.29, 0.717) is 10.8 Å². The third kappa shape index (κ3) is 1.45. The Balaban J connectivity index is 3.40. The minimum Gasteiger partial charge on any atom is -0.281 e. The van der Waals surface area contributed by atoms with Crippen LogP contribution in [0.15, 0.2) is 16.6 Å². The molecule has 11 heavy (non-hydrogen) atoms. The van der Waals surface area contributed by atoms with Crippen LogP contribution in [0.1, 0.15) is 5.56 Å². The first kappa shape index (κ1) is 8.33. The van der Waals surface area contributed by atoms with E-state index in [1.165, 1.54) is 6.07 Å². The number of benzene rings is 1. The molecule has 0 aliphatic rings. The predicted molar refractivity (Wildman–Crippen MR) is 41.2 cm³/mol. The molecular formula is C7H4BrF2O+. The van der Waals surface area contributed by atoms with Gasteiger partial charge in [-0.2, -0.15) is 0 Å². The highest BCUT2D eigenvalue weighted by atomic mass is 79.9. The van der Waals surface area contributed by atoms with Gasteiger partial charge in [0.15, 0.2) is 11.6 Å². The van der Waals surface area contributed by atoms with Crippen molar-refractivity contribution in [3.63, 3.8) is 0 Å². The highest BCUT2D eigenvalue weighted by Gasteiger charge is 2.12. The number of carbonyl (C=O) groups excluding carboxylic acids is 1. The summed E-state index contributed by atoms with van der Waals surface area (Å²) < 4.78 is 25.4. The minimum atomic E-state index is -1.05. The van der Waals surface area contributed by atoms with E-state index < -0.39 is 11.6 Å². The summed E-state index contributed by atoms with van der Waals surface area (Å²) in [6, 6.07) is 2.30. The number of hydrogen-bond acceptors (Lipinski definition) is 0. The van der Waals surface area contributed by atoms with Crippen LogP contribution in [-0.2, 0) is 0 Å². The Hall–Kier alpha value is -0.770. The van der Waals surface area contributed by atoms with Gasteiger partial charge in [-0.05, 0) is 28.1 Å². The lowest BCUT2D eigenvalue weighted by atomic mass is 10.2. The normalized spacial score (nSPS) is 9.73. The smallest absolute Gasteiger partial charge is 0.281 e. The molecule has 0 aromatic heterocycles. The van der Waals surface area contributed by atoms with Crippen molar-refractivity contribution in [1.29, 1.82) is 0 Å². The molecule has 1 N–H and O–H groups in total. The topological polar surface area (TPSA) is 21.4 Å². The first-order valence-electron chi connectivity index (χ1n) is 2.77. The van der Waals surface area contributed by atoms with Crippen molar-refractivity contribution in [1.82, 2.24) is 0 Å². The van der Waals surface area contributed by atoms with Crippen molar-refractivity contribution in [2.75, 3.05) is 0 Å². The second-order valence-electron chi connectivity index (χ2n) is 1.89. The molecule has 1 aromatic carbocycles. The fourth-order valence-corrected chi connectivity index (χ4v) is 1.07. The number of rotatable bonds is 1. The van der Waals surface area contributed by atoms with E-state index in [2.05, 4.69) is 15.9 Å². The summed E-state index contributed by atoms with van der Waals surface area (Å²) in [5.74, 6) is -2.03. The van der Waals surface area contributed by atoms with Crippen LogP contribution in [0, 0.1) is 11.6 Å². The maximum absolute atomic E-state index is 12.7. The van der Waals surface area contributed by atoms with Gasteiger partial charge in [0, 0.05) is 4.47 Å². The standard InChI is InChI=1S/C7H3BrF2O/c8-5-1-2-6(9)7(10)4(5)3-11/h1-3H/p+1. The molecule has 0 fully saturated rings.